The summed E-state index contributed by atoms with van der Waals surface area (Å²) < 4.78 is 0. The normalized spacial score (nSPS) is 15.9. The molecule has 4 heteroatoms. The van der Waals surface area contributed by atoms with Gasteiger partial charge in [-0.25, -0.2) is 0 Å². The summed E-state index contributed by atoms with van der Waals surface area (Å²) in [5.41, 5.74) is 2.58. The van der Waals surface area contributed by atoms with Crippen molar-refractivity contribution in [3.8, 4) is 0 Å². The van der Waals surface area contributed by atoms with Gasteiger partial charge < -0.3 is 10.6 Å². The largest absolute Gasteiger partial charge is 0.352 e. The first-order chi connectivity index (χ1) is 10.3. The average molecular weight is 289 g/mol. The van der Waals surface area contributed by atoms with Gasteiger partial charge in [0.05, 0.1) is 0 Å². The molecule has 0 unspecified atom stereocenters. The lowest BCUT2D eigenvalue weighted by Gasteiger charge is -2.27. The van der Waals surface area contributed by atoms with E-state index in [1.165, 1.54) is 43.5 Å². The Morgan fingerprint density at radius 2 is 1.86 bits per heavy atom. The van der Waals surface area contributed by atoms with Crippen molar-refractivity contribution >= 4 is 5.91 Å². The maximum Gasteiger partial charge on any atom is 0.221 e. The van der Waals surface area contributed by atoms with Crippen LogP contribution in [-0.4, -0.2) is 37.5 Å². The number of hydrogen-bond acceptors (Lipinski definition) is 3. The number of carbonyl (C=O) groups excluding carboxylic acids is 1. The molecule has 1 fully saturated rings. The molecular weight excluding hydrogens is 262 g/mol. The molecule has 2 rings (SSSR count). The number of carbonyl (C=O) groups is 1. The van der Waals surface area contributed by atoms with E-state index in [1.807, 2.05) is 7.05 Å². The molecule has 1 saturated heterocycles. The van der Waals surface area contributed by atoms with Gasteiger partial charge in [-0.3, -0.25) is 9.69 Å². The van der Waals surface area contributed by atoms with Crippen molar-refractivity contribution in [2.45, 2.75) is 38.8 Å². The Bertz CT molecular complexity index is 441. The number of likely N-dealkylation sites (tertiary alicyclic amines) is 1. The van der Waals surface area contributed by atoms with Crippen LogP contribution in [0.4, 0.5) is 0 Å². The summed E-state index contributed by atoms with van der Waals surface area (Å²) in [5, 5.41) is 6.01. The summed E-state index contributed by atoms with van der Waals surface area (Å²) in [6, 6.07) is 8.45. The maximum atomic E-state index is 11.7. The van der Waals surface area contributed by atoms with Gasteiger partial charge in [0.25, 0.3) is 0 Å². The molecule has 0 bridgehead atoms. The van der Waals surface area contributed by atoms with E-state index < -0.39 is 0 Å². The predicted molar refractivity (Wildman–Crippen MR) is 86.0 cm³/mol. The zero-order valence-electron chi connectivity index (χ0n) is 13.0. The maximum absolute atomic E-state index is 11.7. The molecule has 2 N–H and O–H groups in total. The van der Waals surface area contributed by atoms with Crippen molar-refractivity contribution in [3.05, 3.63) is 35.4 Å². The second-order valence-electron chi connectivity index (χ2n) is 5.74. The van der Waals surface area contributed by atoms with Crippen LogP contribution in [0.25, 0.3) is 0 Å². The lowest BCUT2D eigenvalue weighted by atomic mass is 10.0. The van der Waals surface area contributed by atoms with Gasteiger partial charge in [-0.15, -0.1) is 0 Å². The van der Waals surface area contributed by atoms with Crippen LogP contribution in [0, 0.1) is 0 Å². The van der Waals surface area contributed by atoms with Gasteiger partial charge in [0, 0.05) is 26.1 Å². The first-order valence-corrected chi connectivity index (χ1v) is 8.00. The monoisotopic (exact) mass is 289 g/mol. The SMILES string of the molecule is CNCCC(=O)NCc1ccccc1CN1CCCCC1. The zero-order valence-corrected chi connectivity index (χ0v) is 13.0. The van der Waals surface area contributed by atoms with Crippen molar-refractivity contribution in [2.75, 3.05) is 26.7 Å². The summed E-state index contributed by atoms with van der Waals surface area (Å²) in [7, 11) is 1.86. The summed E-state index contributed by atoms with van der Waals surface area (Å²) >= 11 is 0. The third-order valence-electron chi connectivity index (χ3n) is 4.04. The molecule has 21 heavy (non-hydrogen) atoms. The molecule has 1 aromatic rings. The molecule has 0 aliphatic carbocycles. The van der Waals surface area contributed by atoms with E-state index in [2.05, 4.69) is 39.8 Å². The second kappa shape index (κ2) is 8.80. The Labute approximate surface area is 127 Å². The number of piperidine rings is 1. The highest BCUT2D eigenvalue weighted by Gasteiger charge is 2.12. The fraction of sp³-hybridized carbons (Fsp3) is 0.588. The Hall–Kier alpha value is -1.39. The van der Waals surface area contributed by atoms with Crippen LogP contribution in [-0.2, 0) is 17.9 Å². The van der Waals surface area contributed by atoms with E-state index in [0.29, 0.717) is 13.0 Å². The highest BCUT2D eigenvalue weighted by Crippen LogP contribution is 2.16. The quantitative estimate of drug-likeness (QED) is 0.806. The van der Waals surface area contributed by atoms with E-state index >= 15 is 0 Å². The Kier molecular flexibility index (Phi) is 6.70. The van der Waals surface area contributed by atoms with Gasteiger partial charge >= 0.3 is 0 Å². The molecule has 0 saturated carbocycles. The van der Waals surface area contributed by atoms with E-state index in [9.17, 15) is 4.79 Å². The van der Waals surface area contributed by atoms with Crippen molar-refractivity contribution in [2.24, 2.45) is 0 Å². The number of amides is 1. The summed E-state index contributed by atoms with van der Waals surface area (Å²) in [6.07, 6.45) is 4.51. The summed E-state index contributed by atoms with van der Waals surface area (Å²) in [4.78, 5) is 14.2. The molecule has 1 heterocycles. The van der Waals surface area contributed by atoms with Gasteiger partial charge in [-0.2, -0.15) is 0 Å². The van der Waals surface area contributed by atoms with Crippen LogP contribution in [0.1, 0.15) is 36.8 Å². The highest BCUT2D eigenvalue weighted by molar-refractivity contribution is 5.76. The molecule has 0 atom stereocenters. The molecule has 0 spiro atoms. The smallest absolute Gasteiger partial charge is 0.221 e. The first kappa shape index (κ1) is 16.0. The number of nitrogens with zero attached hydrogens (tertiary/aromatic N) is 1. The Morgan fingerprint density at radius 3 is 2.57 bits per heavy atom. The molecule has 116 valence electrons. The molecule has 1 aliphatic rings. The minimum Gasteiger partial charge on any atom is -0.352 e. The highest BCUT2D eigenvalue weighted by atomic mass is 16.1. The minimum absolute atomic E-state index is 0.108. The molecule has 4 nitrogen and oxygen atoms in total. The minimum atomic E-state index is 0.108. The van der Waals surface area contributed by atoms with Gasteiger partial charge in [0.15, 0.2) is 0 Å². The van der Waals surface area contributed by atoms with Crippen molar-refractivity contribution in [3.63, 3.8) is 0 Å². The van der Waals surface area contributed by atoms with Crippen molar-refractivity contribution in [1.29, 1.82) is 0 Å². The standard InChI is InChI=1S/C17H27N3O/c1-18-10-9-17(21)19-13-15-7-3-4-8-16(15)14-20-11-5-2-6-12-20/h3-4,7-8,18H,2,5-6,9-14H2,1H3,(H,19,21). The lowest BCUT2D eigenvalue weighted by molar-refractivity contribution is -0.121. The van der Waals surface area contributed by atoms with Crippen LogP contribution in [0.3, 0.4) is 0 Å². The van der Waals surface area contributed by atoms with E-state index in [4.69, 9.17) is 0 Å². The third-order valence-corrected chi connectivity index (χ3v) is 4.04. The van der Waals surface area contributed by atoms with Gasteiger partial charge in [0.2, 0.25) is 5.91 Å². The predicted octanol–water partition coefficient (Wildman–Crippen LogP) is 1.90. The van der Waals surface area contributed by atoms with Crippen molar-refractivity contribution < 1.29 is 4.79 Å². The van der Waals surface area contributed by atoms with Gasteiger partial charge in [0.1, 0.15) is 0 Å². The molecule has 1 amide bonds. The number of nitrogens with one attached hydrogen (secondary N) is 2. The van der Waals surface area contributed by atoms with E-state index in [-0.39, 0.29) is 5.91 Å². The van der Waals surface area contributed by atoms with Crippen LogP contribution in [0.5, 0.6) is 0 Å². The fourth-order valence-electron chi connectivity index (χ4n) is 2.76. The second-order valence-corrected chi connectivity index (χ2v) is 5.74. The molecule has 0 radical (unpaired) electrons. The molecule has 1 aliphatic heterocycles. The third kappa shape index (κ3) is 5.48. The van der Waals surface area contributed by atoms with Crippen LogP contribution < -0.4 is 10.6 Å². The van der Waals surface area contributed by atoms with Gasteiger partial charge in [-0.05, 0) is 44.1 Å². The number of benzene rings is 1. The molecular formula is C17H27N3O. The zero-order chi connectivity index (χ0) is 14.9. The fourth-order valence-corrected chi connectivity index (χ4v) is 2.76. The van der Waals surface area contributed by atoms with E-state index in [0.717, 1.165) is 13.1 Å². The summed E-state index contributed by atoms with van der Waals surface area (Å²) in [5.74, 6) is 0.108. The van der Waals surface area contributed by atoms with Crippen LogP contribution >= 0.6 is 0 Å². The molecule has 1 aromatic carbocycles. The Balaban J connectivity index is 1.88. The van der Waals surface area contributed by atoms with E-state index in [1.54, 1.807) is 0 Å². The first-order valence-electron chi connectivity index (χ1n) is 8.00. The number of hydrogen-bond donors (Lipinski definition) is 2. The Morgan fingerprint density at radius 1 is 1.14 bits per heavy atom. The number of rotatable bonds is 7. The molecule has 0 aromatic heterocycles. The summed E-state index contributed by atoms with van der Waals surface area (Å²) in [6.45, 7) is 4.75. The van der Waals surface area contributed by atoms with Crippen LogP contribution in [0.2, 0.25) is 0 Å². The topological polar surface area (TPSA) is 44.4 Å². The van der Waals surface area contributed by atoms with Crippen LogP contribution in [0.15, 0.2) is 24.3 Å². The van der Waals surface area contributed by atoms with Crippen molar-refractivity contribution in [1.82, 2.24) is 15.5 Å². The van der Waals surface area contributed by atoms with Gasteiger partial charge in [-0.1, -0.05) is 30.7 Å². The lowest BCUT2D eigenvalue weighted by Crippen LogP contribution is -2.30. The average Bonchev–Trinajstić information content (AvgIpc) is 2.53.